The second-order valence-corrected chi connectivity index (χ2v) is 6.67. The maximum absolute atomic E-state index is 4.32. The monoisotopic (exact) mass is 302 g/mol. The summed E-state index contributed by atoms with van der Waals surface area (Å²) in [6.45, 7) is 2.26. The molecular formula is C18H22S2. The van der Waals surface area contributed by atoms with E-state index in [1.807, 2.05) is 23.9 Å². The Labute approximate surface area is 132 Å². The quantitative estimate of drug-likeness (QED) is 0.355. The normalized spacial score (nSPS) is 10.7. The molecule has 0 radical (unpaired) electrons. The van der Waals surface area contributed by atoms with Gasteiger partial charge in [-0.3, -0.25) is 0 Å². The Hall–Kier alpha value is -0.860. The van der Waals surface area contributed by atoms with E-state index >= 15 is 0 Å². The van der Waals surface area contributed by atoms with Gasteiger partial charge in [-0.1, -0.05) is 50.5 Å². The van der Waals surface area contributed by atoms with Crippen molar-refractivity contribution in [2.45, 2.75) is 42.4 Å². The highest BCUT2D eigenvalue weighted by Gasteiger charge is 1.99. The van der Waals surface area contributed by atoms with Gasteiger partial charge in [-0.2, -0.15) is 0 Å². The number of hydrogen-bond acceptors (Lipinski definition) is 2. The van der Waals surface area contributed by atoms with Gasteiger partial charge in [0, 0.05) is 9.79 Å². The van der Waals surface area contributed by atoms with E-state index in [1.165, 1.54) is 47.5 Å². The van der Waals surface area contributed by atoms with Gasteiger partial charge in [0.25, 0.3) is 0 Å². The minimum absolute atomic E-state index is 1.01. The van der Waals surface area contributed by atoms with Crippen LogP contribution in [-0.2, 0) is 0 Å². The molecule has 2 heteroatoms. The number of thioether (sulfide) groups is 1. The summed E-state index contributed by atoms with van der Waals surface area (Å²) in [5, 5.41) is 0. The predicted molar refractivity (Wildman–Crippen MR) is 94.0 cm³/mol. The molecule has 0 saturated carbocycles. The van der Waals surface area contributed by atoms with Crippen LogP contribution in [0.2, 0.25) is 0 Å². The van der Waals surface area contributed by atoms with Crippen LogP contribution in [0.15, 0.2) is 58.3 Å². The highest BCUT2D eigenvalue weighted by Crippen LogP contribution is 2.25. The Morgan fingerprint density at radius 2 is 1.40 bits per heavy atom. The van der Waals surface area contributed by atoms with E-state index in [-0.39, 0.29) is 0 Å². The molecule has 2 aromatic rings. The van der Waals surface area contributed by atoms with Crippen molar-refractivity contribution in [1.82, 2.24) is 0 Å². The first kappa shape index (κ1) is 15.5. The summed E-state index contributed by atoms with van der Waals surface area (Å²) in [6.07, 6.45) is 5.35. The molecule has 2 aromatic carbocycles. The topological polar surface area (TPSA) is 0 Å². The summed E-state index contributed by atoms with van der Waals surface area (Å²) in [5.74, 6) is 1.23. The van der Waals surface area contributed by atoms with Crippen LogP contribution in [-0.4, -0.2) is 5.75 Å². The Bertz CT molecular complexity index is 500. The van der Waals surface area contributed by atoms with Gasteiger partial charge >= 0.3 is 0 Å². The van der Waals surface area contributed by atoms with Crippen LogP contribution < -0.4 is 0 Å². The van der Waals surface area contributed by atoms with E-state index in [1.54, 1.807) is 0 Å². The first-order valence-corrected chi connectivity index (χ1v) is 8.75. The van der Waals surface area contributed by atoms with Gasteiger partial charge in [-0.25, -0.2) is 0 Å². The third-order valence-electron chi connectivity index (χ3n) is 3.32. The van der Waals surface area contributed by atoms with Gasteiger partial charge in [0.15, 0.2) is 0 Å². The van der Waals surface area contributed by atoms with Crippen LogP contribution in [0, 0.1) is 0 Å². The molecule has 2 rings (SSSR count). The summed E-state index contributed by atoms with van der Waals surface area (Å²) >= 11 is 6.28. The lowest BCUT2D eigenvalue weighted by molar-refractivity contribution is 0.706. The summed E-state index contributed by atoms with van der Waals surface area (Å²) in [4.78, 5) is 2.38. The minimum Gasteiger partial charge on any atom is -0.143 e. The van der Waals surface area contributed by atoms with Gasteiger partial charge in [0.2, 0.25) is 0 Å². The molecule has 0 N–H and O–H groups in total. The lowest BCUT2D eigenvalue weighted by Gasteiger charge is -2.05. The van der Waals surface area contributed by atoms with Gasteiger partial charge < -0.3 is 0 Å². The highest BCUT2D eigenvalue weighted by molar-refractivity contribution is 7.99. The molecule has 0 nitrogen and oxygen atoms in total. The van der Waals surface area contributed by atoms with Crippen molar-refractivity contribution in [2.24, 2.45) is 0 Å². The highest BCUT2D eigenvalue weighted by atomic mass is 32.2. The van der Waals surface area contributed by atoms with Crippen LogP contribution >= 0.6 is 24.4 Å². The SMILES string of the molecule is CCCCCCSc1ccc(-c2ccc(S)cc2)cc1. The summed E-state index contributed by atoms with van der Waals surface area (Å²) in [5.41, 5.74) is 2.52. The van der Waals surface area contributed by atoms with E-state index in [2.05, 4.69) is 56.0 Å². The van der Waals surface area contributed by atoms with Gasteiger partial charge in [0.05, 0.1) is 0 Å². The van der Waals surface area contributed by atoms with E-state index in [4.69, 9.17) is 0 Å². The molecule has 0 heterocycles. The number of thiol groups is 1. The maximum atomic E-state index is 4.32. The minimum atomic E-state index is 1.01. The molecule has 0 unspecified atom stereocenters. The second-order valence-electron chi connectivity index (χ2n) is 4.98. The van der Waals surface area contributed by atoms with Crippen LogP contribution in [0.4, 0.5) is 0 Å². The maximum Gasteiger partial charge on any atom is 0.00723 e. The smallest absolute Gasteiger partial charge is 0.00723 e. The zero-order valence-corrected chi connectivity index (χ0v) is 13.7. The molecule has 0 aliphatic heterocycles. The summed E-state index contributed by atoms with van der Waals surface area (Å²) in [6, 6.07) is 17.2. The van der Waals surface area contributed by atoms with E-state index < -0.39 is 0 Å². The van der Waals surface area contributed by atoms with Crippen molar-refractivity contribution in [3.63, 3.8) is 0 Å². The van der Waals surface area contributed by atoms with Crippen molar-refractivity contribution in [1.29, 1.82) is 0 Å². The Morgan fingerprint density at radius 3 is 2.00 bits per heavy atom. The zero-order valence-electron chi connectivity index (χ0n) is 12.0. The first-order valence-electron chi connectivity index (χ1n) is 7.32. The Morgan fingerprint density at radius 1 is 0.800 bits per heavy atom. The van der Waals surface area contributed by atoms with Crippen LogP contribution in [0.25, 0.3) is 11.1 Å². The largest absolute Gasteiger partial charge is 0.143 e. The van der Waals surface area contributed by atoms with Crippen LogP contribution in [0.3, 0.4) is 0 Å². The fraction of sp³-hybridized carbons (Fsp3) is 0.333. The molecule has 20 heavy (non-hydrogen) atoms. The third kappa shape index (κ3) is 4.92. The summed E-state index contributed by atoms with van der Waals surface area (Å²) in [7, 11) is 0. The predicted octanol–water partition coefficient (Wildman–Crippen LogP) is 6.31. The fourth-order valence-electron chi connectivity index (χ4n) is 2.12. The Kier molecular flexibility index (Phi) is 6.55. The van der Waals surface area contributed by atoms with Gasteiger partial charge in [-0.15, -0.1) is 24.4 Å². The standard InChI is InChI=1S/C18H22S2/c1-2-3-4-5-14-20-18-12-8-16(9-13-18)15-6-10-17(19)11-7-15/h6-13,19H,2-5,14H2,1H3. The average Bonchev–Trinajstić information content (AvgIpc) is 2.49. The molecule has 0 aliphatic carbocycles. The van der Waals surface area contributed by atoms with Crippen molar-refractivity contribution >= 4 is 24.4 Å². The van der Waals surface area contributed by atoms with Crippen LogP contribution in [0.5, 0.6) is 0 Å². The molecule has 106 valence electrons. The van der Waals surface area contributed by atoms with Crippen molar-refractivity contribution < 1.29 is 0 Å². The third-order valence-corrected chi connectivity index (χ3v) is 4.72. The van der Waals surface area contributed by atoms with Crippen molar-refractivity contribution in [3.8, 4) is 11.1 Å². The van der Waals surface area contributed by atoms with Gasteiger partial charge in [-0.05, 0) is 47.6 Å². The van der Waals surface area contributed by atoms with Crippen molar-refractivity contribution in [2.75, 3.05) is 5.75 Å². The molecule has 0 amide bonds. The van der Waals surface area contributed by atoms with E-state index in [0.717, 1.165) is 4.90 Å². The molecule has 0 aromatic heterocycles. The number of unbranched alkanes of at least 4 members (excludes halogenated alkanes) is 3. The molecular weight excluding hydrogens is 280 g/mol. The van der Waals surface area contributed by atoms with E-state index in [0.29, 0.717) is 0 Å². The molecule has 0 spiro atoms. The number of benzene rings is 2. The number of hydrogen-bond donors (Lipinski definition) is 1. The lowest BCUT2D eigenvalue weighted by Crippen LogP contribution is -1.82. The first-order chi connectivity index (χ1) is 9.79. The van der Waals surface area contributed by atoms with Crippen molar-refractivity contribution in [3.05, 3.63) is 48.5 Å². The molecule has 0 bridgehead atoms. The summed E-state index contributed by atoms with van der Waals surface area (Å²) < 4.78 is 0. The average molecular weight is 303 g/mol. The van der Waals surface area contributed by atoms with Gasteiger partial charge in [0.1, 0.15) is 0 Å². The van der Waals surface area contributed by atoms with E-state index in [9.17, 15) is 0 Å². The Balaban J connectivity index is 1.88. The number of rotatable bonds is 7. The van der Waals surface area contributed by atoms with Crippen LogP contribution in [0.1, 0.15) is 32.6 Å². The second kappa shape index (κ2) is 8.43. The zero-order chi connectivity index (χ0) is 14.2. The molecule has 0 aliphatic rings. The molecule has 0 fully saturated rings. The lowest BCUT2D eigenvalue weighted by atomic mass is 10.1. The fourth-order valence-corrected chi connectivity index (χ4v) is 3.18. The molecule has 0 saturated heterocycles. The molecule has 0 atom stereocenters.